The van der Waals surface area contributed by atoms with E-state index in [9.17, 15) is 4.79 Å². The Morgan fingerprint density at radius 3 is 2.00 bits per heavy atom. The van der Waals surface area contributed by atoms with E-state index in [0.29, 0.717) is 5.75 Å². The quantitative estimate of drug-likeness (QED) is 0.572. The van der Waals surface area contributed by atoms with Gasteiger partial charge in [0.25, 0.3) is 5.91 Å². The number of nitrogens with one attached hydrogen (secondary N) is 1. The van der Waals surface area contributed by atoms with Crippen molar-refractivity contribution in [3.8, 4) is 16.9 Å². The molecule has 0 saturated carbocycles. The average Bonchev–Trinajstić information content (AvgIpc) is 3.00. The third-order valence-electron chi connectivity index (χ3n) is 4.40. The maximum absolute atomic E-state index is 12.2. The Bertz CT molecular complexity index is 961. The standard InChI is InChI=1S/C22H18N2O2/c1-15-8-2-7-13-20(15)26-14-21(25)23-24-22-18-11-5-3-9-16(18)17-10-4-6-12-19(17)22/h2-13H,14H2,1H3,(H,23,25). The van der Waals surface area contributed by atoms with Crippen molar-refractivity contribution in [1.29, 1.82) is 0 Å². The summed E-state index contributed by atoms with van der Waals surface area (Å²) in [5.41, 5.74) is 8.70. The van der Waals surface area contributed by atoms with Crippen molar-refractivity contribution >= 4 is 11.6 Å². The highest BCUT2D eigenvalue weighted by Crippen LogP contribution is 2.36. The maximum atomic E-state index is 12.2. The van der Waals surface area contributed by atoms with Gasteiger partial charge in [-0.1, -0.05) is 66.7 Å². The summed E-state index contributed by atoms with van der Waals surface area (Å²) in [5.74, 6) is 0.412. The molecule has 3 aromatic carbocycles. The van der Waals surface area contributed by atoms with Crippen LogP contribution in [0.1, 0.15) is 16.7 Å². The summed E-state index contributed by atoms with van der Waals surface area (Å²) >= 11 is 0. The first kappa shape index (κ1) is 16.1. The first-order valence-corrected chi connectivity index (χ1v) is 8.48. The average molecular weight is 342 g/mol. The summed E-state index contributed by atoms with van der Waals surface area (Å²) in [5, 5.41) is 4.38. The van der Waals surface area contributed by atoms with Crippen molar-refractivity contribution < 1.29 is 9.53 Å². The molecule has 1 amide bonds. The number of para-hydroxylation sites is 1. The molecule has 4 rings (SSSR count). The molecular formula is C22H18N2O2. The zero-order valence-electron chi connectivity index (χ0n) is 14.4. The minimum absolute atomic E-state index is 0.0784. The van der Waals surface area contributed by atoms with Gasteiger partial charge in [0, 0.05) is 11.1 Å². The zero-order chi connectivity index (χ0) is 17.9. The van der Waals surface area contributed by atoms with Crippen LogP contribution in [0.3, 0.4) is 0 Å². The molecule has 1 aliphatic rings. The van der Waals surface area contributed by atoms with E-state index in [-0.39, 0.29) is 12.5 Å². The van der Waals surface area contributed by atoms with Gasteiger partial charge in [-0.25, -0.2) is 5.43 Å². The van der Waals surface area contributed by atoms with Crippen molar-refractivity contribution in [2.45, 2.75) is 6.92 Å². The van der Waals surface area contributed by atoms with Gasteiger partial charge in [0.05, 0.1) is 5.71 Å². The number of hydrogen-bond donors (Lipinski definition) is 1. The lowest BCUT2D eigenvalue weighted by Gasteiger charge is -2.08. The number of carbonyl (C=O) groups excluding carboxylic acids is 1. The monoisotopic (exact) mass is 342 g/mol. The molecular weight excluding hydrogens is 324 g/mol. The highest BCUT2D eigenvalue weighted by molar-refractivity contribution is 6.24. The van der Waals surface area contributed by atoms with Crippen LogP contribution in [0.5, 0.6) is 5.75 Å². The fourth-order valence-electron chi connectivity index (χ4n) is 3.13. The molecule has 128 valence electrons. The Morgan fingerprint density at radius 2 is 1.38 bits per heavy atom. The Labute approximate surface area is 152 Å². The van der Waals surface area contributed by atoms with Gasteiger partial charge in [-0.3, -0.25) is 4.79 Å². The summed E-state index contributed by atoms with van der Waals surface area (Å²) in [6, 6.07) is 23.7. The fourth-order valence-corrected chi connectivity index (χ4v) is 3.13. The van der Waals surface area contributed by atoms with Gasteiger partial charge in [-0.15, -0.1) is 0 Å². The van der Waals surface area contributed by atoms with E-state index in [1.54, 1.807) is 0 Å². The smallest absolute Gasteiger partial charge is 0.277 e. The molecule has 1 aliphatic carbocycles. The van der Waals surface area contributed by atoms with Crippen molar-refractivity contribution in [1.82, 2.24) is 5.43 Å². The van der Waals surface area contributed by atoms with Gasteiger partial charge in [0.15, 0.2) is 6.61 Å². The first-order valence-electron chi connectivity index (χ1n) is 8.48. The highest BCUT2D eigenvalue weighted by Gasteiger charge is 2.24. The van der Waals surface area contributed by atoms with E-state index in [1.165, 1.54) is 0 Å². The summed E-state index contributed by atoms with van der Waals surface area (Å²) < 4.78 is 5.57. The fraction of sp³-hybridized carbons (Fsp3) is 0.0909. The molecule has 3 aromatic rings. The van der Waals surface area contributed by atoms with Crippen LogP contribution in [-0.4, -0.2) is 18.2 Å². The SMILES string of the molecule is Cc1ccccc1OCC(=O)NN=C1c2ccccc2-c2ccccc21. The second-order valence-corrected chi connectivity index (χ2v) is 6.14. The Hall–Kier alpha value is -3.40. The number of carbonyl (C=O) groups is 1. The van der Waals surface area contributed by atoms with E-state index in [4.69, 9.17) is 4.74 Å². The minimum Gasteiger partial charge on any atom is -0.483 e. The summed E-state index contributed by atoms with van der Waals surface area (Å²) in [4.78, 5) is 12.2. The first-order chi connectivity index (χ1) is 12.7. The molecule has 0 spiro atoms. The number of benzene rings is 3. The van der Waals surface area contributed by atoms with Crippen LogP contribution < -0.4 is 10.2 Å². The predicted octanol–water partition coefficient (Wildman–Crippen LogP) is 3.92. The number of hydrogen-bond acceptors (Lipinski definition) is 3. The Kier molecular flexibility index (Phi) is 4.23. The molecule has 1 N–H and O–H groups in total. The number of nitrogens with zero attached hydrogens (tertiary/aromatic N) is 1. The molecule has 0 heterocycles. The van der Waals surface area contributed by atoms with Crippen LogP contribution in [0.4, 0.5) is 0 Å². The van der Waals surface area contributed by atoms with Crippen LogP contribution >= 0.6 is 0 Å². The summed E-state index contributed by atoms with van der Waals surface area (Å²) in [6.07, 6.45) is 0. The zero-order valence-corrected chi connectivity index (χ0v) is 14.4. The lowest BCUT2D eigenvalue weighted by molar-refractivity contribution is -0.123. The maximum Gasteiger partial charge on any atom is 0.277 e. The van der Waals surface area contributed by atoms with Gasteiger partial charge in [-0.05, 0) is 29.7 Å². The van der Waals surface area contributed by atoms with E-state index < -0.39 is 0 Å². The summed E-state index contributed by atoms with van der Waals surface area (Å²) in [7, 11) is 0. The molecule has 4 nitrogen and oxygen atoms in total. The Morgan fingerprint density at radius 1 is 0.846 bits per heavy atom. The third kappa shape index (κ3) is 2.97. The van der Waals surface area contributed by atoms with E-state index in [2.05, 4.69) is 22.7 Å². The van der Waals surface area contributed by atoms with Gasteiger partial charge in [-0.2, -0.15) is 5.10 Å². The van der Waals surface area contributed by atoms with Crippen molar-refractivity contribution in [3.05, 3.63) is 89.5 Å². The minimum atomic E-state index is -0.289. The molecule has 4 heteroatoms. The molecule has 0 aliphatic heterocycles. The van der Waals surface area contributed by atoms with Crippen LogP contribution in [0.25, 0.3) is 11.1 Å². The third-order valence-corrected chi connectivity index (χ3v) is 4.40. The number of rotatable bonds is 4. The van der Waals surface area contributed by atoms with E-state index >= 15 is 0 Å². The number of aryl methyl sites for hydroxylation is 1. The van der Waals surface area contributed by atoms with Crippen LogP contribution in [0.15, 0.2) is 77.9 Å². The van der Waals surface area contributed by atoms with Crippen LogP contribution in [0.2, 0.25) is 0 Å². The number of fused-ring (bicyclic) bond motifs is 3. The predicted molar refractivity (Wildman–Crippen MR) is 102 cm³/mol. The normalized spacial score (nSPS) is 11.5. The van der Waals surface area contributed by atoms with E-state index in [0.717, 1.165) is 33.5 Å². The molecule has 0 fully saturated rings. The molecule has 0 bridgehead atoms. The van der Waals surface area contributed by atoms with Gasteiger partial charge in [0.2, 0.25) is 0 Å². The van der Waals surface area contributed by atoms with Crippen LogP contribution in [0, 0.1) is 6.92 Å². The molecule has 0 unspecified atom stereocenters. The largest absolute Gasteiger partial charge is 0.483 e. The lowest BCUT2D eigenvalue weighted by Crippen LogP contribution is -2.26. The molecule has 0 aromatic heterocycles. The van der Waals surface area contributed by atoms with Crippen LogP contribution in [-0.2, 0) is 4.79 Å². The second kappa shape index (κ2) is 6.84. The van der Waals surface area contributed by atoms with Gasteiger partial charge < -0.3 is 4.74 Å². The van der Waals surface area contributed by atoms with Gasteiger partial charge in [0.1, 0.15) is 5.75 Å². The van der Waals surface area contributed by atoms with Crippen molar-refractivity contribution in [3.63, 3.8) is 0 Å². The lowest BCUT2D eigenvalue weighted by atomic mass is 10.1. The Balaban J connectivity index is 1.52. The highest BCUT2D eigenvalue weighted by atomic mass is 16.5. The number of hydrazone groups is 1. The number of amides is 1. The molecule has 0 saturated heterocycles. The van der Waals surface area contributed by atoms with E-state index in [1.807, 2.05) is 67.6 Å². The molecule has 26 heavy (non-hydrogen) atoms. The molecule has 0 atom stereocenters. The number of ether oxygens (including phenoxy) is 1. The van der Waals surface area contributed by atoms with Gasteiger partial charge >= 0.3 is 0 Å². The summed E-state index contributed by atoms with van der Waals surface area (Å²) in [6.45, 7) is 1.87. The molecule has 0 radical (unpaired) electrons. The van der Waals surface area contributed by atoms with Crippen molar-refractivity contribution in [2.75, 3.05) is 6.61 Å². The topological polar surface area (TPSA) is 50.7 Å². The van der Waals surface area contributed by atoms with Crippen molar-refractivity contribution in [2.24, 2.45) is 5.10 Å². The second-order valence-electron chi connectivity index (χ2n) is 6.14.